The van der Waals surface area contributed by atoms with Gasteiger partial charge in [0.15, 0.2) is 0 Å². The fraction of sp³-hybridized carbons (Fsp3) is 0.333. The lowest BCUT2D eigenvalue weighted by Crippen LogP contribution is -2.43. The predicted octanol–water partition coefficient (Wildman–Crippen LogP) is 3.04. The minimum Gasteiger partial charge on any atom is -0.368 e. The first-order chi connectivity index (χ1) is 14.9. The summed E-state index contributed by atoms with van der Waals surface area (Å²) in [5, 5.41) is 17.7. The average molecular weight is 444 g/mol. The highest BCUT2D eigenvalue weighted by molar-refractivity contribution is 6.33. The van der Waals surface area contributed by atoms with Crippen LogP contribution >= 0.6 is 11.6 Å². The zero-order valence-corrected chi connectivity index (χ0v) is 17.5. The SMILES string of the molecule is O=C(Nc1cc(N2CCNCC2)c(Cl)cc1[N+](=O)[O-])c1ccc(N2CCCC2=O)cc1. The third kappa shape index (κ3) is 4.47. The molecule has 2 aromatic rings. The summed E-state index contributed by atoms with van der Waals surface area (Å²) in [7, 11) is 0. The zero-order chi connectivity index (χ0) is 22.0. The van der Waals surface area contributed by atoms with Crippen molar-refractivity contribution >= 4 is 46.2 Å². The maximum atomic E-state index is 12.8. The van der Waals surface area contributed by atoms with Crippen molar-refractivity contribution in [3.63, 3.8) is 0 Å². The first-order valence-corrected chi connectivity index (χ1v) is 10.5. The van der Waals surface area contributed by atoms with Gasteiger partial charge in [-0.25, -0.2) is 0 Å². The molecule has 2 heterocycles. The van der Waals surface area contributed by atoms with Crippen LogP contribution in [0.5, 0.6) is 0 Å². The number of halogens is 1. The van der Waals surface area contributed by atoms with E-state index in [0.29, 0.717) is 37.3 Å². The Labute approximate surface area is 184 Å². The van der Waals surface area contributed by atoms with Crippen LogP contribution in [0.1, 0.15) is 23.2 Å². The van der Waals surface area contributed by atoms with E-state index in [9.17, 15) is 19.7 Å². The minimum absolute atomic E-state index is 0.0643. The molecule has 0 saturated carbocycles. The van der Waals surface area contributed by atoms with Crippen LogP contribution in [0.25, 0.3) is 0 Å². The molecule has 0 unspecified atom stereocenters. The number of amides is 2. The maximum Gasteiger partial charge on any atom is 0.294 e. The van der Waals surface area contributed by atoms with Gasteiger partial charge in [-0.1, -0.05) is 11.6 Å². The Morgan fingerprint density at radius 3 is 2.45 bits per heavy atom. The molecule has 2 N–H and O–H groups in total. The summed E-state index contributed by atoms with van der Waals surface area (Å²) in [6, 6.07) is 9.46. The highest BCUT2D eigenvalue weighted by Gasteiger charge is 2.24. The number of nitro benzene ring substituents is 1. The molecule has 0 atom stereocenters. The van der Waals surface area contributed by atoms with Gasteiger partial charge in [0.2, 0.25) is 5.91 Å². The Morgan fingerprint density at radius 2 is 1.84 bits per heavy atom. The van der Waals surface area contributed by atoms with Crippen LogP contribution in [0, 0.1) is 10.1 Å². The number of nitrogens with one attached hydrogen (secondary N) is 2. The highest BCUT2D eigenvalue weighted by atomic mass is 35.5. The molecule has 4 rings (SSSR count). The van der Waals surface area contributed by atoms with Gasteiger partial charge in [-0.2, -0.15) is 0 Å². The molecular weight excluding hydrogens is 422 g/mol. The summed E-state index contributed by atoms with van der Waals surface area (Å²) in [4.78, 5) is 39.4. The number of piperazine rings is 1. The van der Waals surface area contributed by atoms with Gasteiger partial charge in [0.05, 0.1) is 15.6 Å². The number of hydrogen-bond acceptors (Lipinski definition) is 6. The van der Waals surface area contributed by atoms with Crippen molar-refractivity contribution in [2.75, 3.05) is 47.8 Å². The van der Waals surface area contributed by atoms with Crippen LogP contribution in [0.4, 0.5) is 22.7 Å². The van der Waals surface area contributed by atoms with E-state index in [0.717, 1.165) is 25.2 Å². The molecule has 162 valence electrons. The second-order valence-corrected chi connectivity index (χ2v) is 7.87. The van der Waals surface area contributed by atoms with E-state index in [1.807, 2.05) is 4.90 Å². The van der Waals surface area contributed by atoms with Crippen LogP contribution in [0.2, 0.25) is 5.02 Å². The lowest BCUT2D eigenvalue weighted by atomic mass is 10.1. The molecule has 0 aliphatic carbocycles. The van der Waals surface area contributed by atoms with Crippen molar-refractivity contribution in [2.45, 2.75) is 12.8 Å². The smallest absolute Gasteiger partial charge is 0.294 e. The van der Waals surface area contributed by atoms with Gasteiger partial charge < -0.3 is 20.4 Å². The number of rotatable bonds is 5. The summed E-state index contributed by atoms with van der Waals surface area (Å²) in [5.41, 5.74) is 1.54. The summed E-state index contributed by atoms with van der Waals surface area (Å²) >= 11 is 6.31. The van der Waals surface area contributed by atoms with Gasteiger partial charge in [0.25, 0.3) is 11.6 Å². The normalized spacial score (nSPS) is 16.5. The van der Waals surface area contributed by atoms with E-state index in [1.54, 1.807) is 35.2 Å². The van der Waals surface area contributed by atoms with Crippen molar-refractivity contribution in [2.24, 2.45) is 0 Å². The van der Waals surface area contributed by atoms with Crippen LogP contribution in [-0.4, -0.2) is 49.5 Å². The number of carbonyl (C=O) groups excluding carboxylic acids is 2. The van der Waals surface area contributed by atoms with E-state index >= 15 is 0 Å². The van der Waals surface area contributed by atoms with E-state index < -0.39 is 10.8 Å². The average Bonchev–Trinajstić information content (AvgIpc) is 3.21. The van der Waals surface area contributed by atoms with E-state index in [-0.39, 0.29) is 22.3 Å². The number of anilines is 3. The molecule has 9 nitrogen and oxygen atoms in total. The summed E-state index contributed by atoms with van der Waals surface area (Å²) in [6.07, 6.45) is 1.34. The Kier molecular flexibility index (Phi) is 6.06. The largest absolute Gasteiger partial charge is 0.368 e. The first kappa shape index (κ1) is 21.1. The van der Waals surface area contributed by atoms with Crippen molar-refractivity contribution in [3.8, 4) is 0 Å². The Balaban J connectivity index is 1.57. The fourth-order valence-electron chi connectivity index (χ4n) is 3.86. The molecule has 2 fully saturated rings. The number of hydrogen-bond donors (Lipinski definition) is 2. The lowest BCUT2D eigenvalue weighted by Gasteiger charge is -2.30. The van der Waals surface area contributed by atoms with Gasteiger partial charge in [0.1, 0.15) is 5.69 Å². The van der Waals surface area contributed by atoms with Crippen LogP contribution < -0.4 is 20.4 Å². The maximum absolute atomic E-state index is 12.8. The molecule has 0 spiro atoms. The van der Waals surface area contributed by atoms with Gasteiger partial charge >= 0.3 is 0 Å². The molecule has 2 saturated heterocycles. The first-order valence-electron chi connectivity index (χ1n) is 10.1. The van der Waals surface area contributed by atoms with E-state index in [2.05, 4.69) is 10.6 Å². The van der Waals surface area contributed by atoms with Crippen molar-refractivity contribution in [1.82, 2.24) is 5.32 Å². The third-order valence-electron chi connectivity index (χ3n) is 5.48. The molecule has 2 amide bonds. The highest BCUT2D eigenvalue weighted by Crippen LogP contribution is 2.37. The fourth-order valence-corrected chi connectivity index (χ4v) is 4.14. The van der Waals surface area contributed by atoms with Gasteiger partial charge in [-0.05, 0) is 36.8 Å². The van der Waals surface area contributed by atoms with Crippen LogP contribution in [0.15, 0.2) is 36.4 Å². The number of benzene rings is 2. The molecular formula is C21H22ClN5O4. The molecule has 0 aromatic heterocycles. The lowest BCUT2D eigenvalue weighted by molar-refractivity contribution is -0.383. The molecule has 2 aromatic carbocycles. The topological polar surface area (TPSA) is 108 Å². The molecule has 0 radical (unpaired) electrons. The Bertz CT molecular complexity index is 1020. The second kappa shape index (κ2) is 8.91. The molecule has 31 heavy (non-hydrogen) atoms. The molecule has 0 bridgehead atoms. The standard InChI is InChI=1S/C21H22ClN5O4/c22-16-12-19(27(30)31)17(13-18(16)25-10-7-23-8-11-25)24-21(29)14-3-5-15(6-4-14)26-9-1-2-20(26)28/h3-6,12-13,23H,1-2,7-11H2,(H,24,29). The van der Waals surface area contributed by atoms with Crippen molar-refractivity contribution < 1.29 is 14.5 Å². The summed E-state index contributed by atoms with van der Waals surface area (Å²) in [5.74, 6) is -0.412. The third-order valence-corrected chi connectivity index (χ3v) is 5.79. The zero-order valence-electron chi connectivity index (χ0n) is 16.8. The number of carbonyl (C=O) groups is 2. The quantitative estimate of drug-likeness (QED) is 0.543. The van der Waals surface area contributed by atoms with E-state index in [1.165, 1.54) is 6.07 Å². The number of nitro groups is 1. The van der Waals surface area contributed by atoms with Crippen LogP contribution in [0.3, 0.4) is 0 Å². The van der Waals surface area contributed by atoms with Crippen molar-refractivity contribution in [3.05, 3.63) is 57.1 Å². The predicted molar refractivity (Wildman–Crippen MR) is 119 cm³/mol. The van der Waals surface area contributed by atoms with Gasteiger partial charge in [0, 0.05) is 56.5 Å². The molecule has 2 aliphatic rings. The number of nitrogens with zero attached hydrogens (tertiary/aromatic N) is 3. The van der Waals surface area contributed by atoms with Gasteiger partial charge in [-0.15, -0.1) is 0 Å². The van der Waals surface area contributed by atoms with Crippen molar-refractivity contribution in [1.29, 1.82) is 0 Å². The summed E-state index contributed by atoms with van der Waals surface area (Å²) in [6.45, 7) is 3.64. The minimum atomic E-state index is -0.564. The second-order valence-electron chi connectivity index (χ2n) is 7.46. The molecule has 2 aliphatic heterocycles. The Hall–Kier alpha value is -3.17. The van der Waals surface area contributed by atoms with Gasteiger partial charge in [-0.3, -0.25) is 19.7 Å². The van der Waals surface area contributed by atoms with Crippen LogP contribution in [-0.2, 0) is 4.79 Å². The van der Waals surface area contributed by atoms with E-state index in [4.69, 9.17) is 11.6 Å². The summed E-state index contributed by atoms with van der Waals surface area (Å²) < 4.78 is 0. The monoisotopic (exact) mass is 443 g/mol. The molecule has 10 heteroatoms. The Morgan fingerprint density at radius 1 is 1.13 bits per heavy atom.